The van der Waals surface area contributed by atoms with E-state index >= 15 is 0 Å². The van der Waals surface area contributed by atoms with Gasteiger partial charge >= 0.3 is 0 Å². The Morgan fingerprint density at radius 1 is 1.26 bits per heavy atom. The van der Waals surface area contributed by atoms with Crippen LogP contribution < -0.4 is 4.74 Å². The molecule has 1 amide bonds. The number of amides is 1. The van der Waals surface area contributed by atoms with E-state index in [-0.39, 0.29) is 5.91 Å². The molecule has 2 heterocycles. The van der Waals surface area contributed by atoms with Gasteiger partial charge in [-0.3, -0.25) is 4.79 Å². The maximum Gasteiger partial charge on any atom is 0.263 e. The van der Waals surface area contributed by atoms with E-state index in [1.807, 2.05) is 37.3 Å². The summed E-state index contributed by atoms with van der Waals surface area (Å²) >= 11 is 9.28. The molecule has 0 atom stereocenters. The maximum absolute atomic E-state index is 12.3. The van der Waals surface area contributed by atoms with Crippen LogP contribution in [0.4, 0.5) is 0 Å². The second-order valence-electron chi connectivity index (χ2n) is 6.10. The molecule has 0 aliphatic heterocycles. The minimum atomic E-state index is -0.0427. The van der Waals surface area contributed by atoms with Gasteiger partial charge in [-0.15, -0.1) is 11.3 Å². The van der Waals surface area contributed by atoms with Crippen LogP contribution >= 0.6 is 34.7 Å². The molecule has 27 heavy (non-hydrogen) atoms. The van der Waals surface area contributed by atoms with Crippen LogP contribution in [-0.2, 0) is 0 Å². The molecule has 1 aromatic carbocycles. The molecule has 5 nitrogen and oxygen atoms in total. The number of rotatable bonds is 7. The van der Waals surface area contributed by atoms with Crippen LogP contribution in [0.2, 0.25) is 5.15 Å². The summed E-state index contributed by atoms with van der Waals surface area (Å²) in [6, 6.07) is 9.75. The van der Waals surface area contributed by atoms with E-state index < -0.39 is 0 Å². The maximum atomic E-state index is 12.3. The van der Waals surface area contributed by atoms with E-state index in [0.717, 1.165) is 33.7 Å². The summed E-state index contributed by atoms with van der Waals surface area (Å²) < 4.78 is 5.69. The number of para-hydroxylation sites is 1. The Hall–Kier alpha value is -1.83. The van der Waals surface area contributed by atoms with Crippen molar-refractivity contribution in [3.63, 3.8) is 0 Å². The third kappa shape index (κ3) is 4.72. The number of carbonyl (C=O) groups is 1. The van der Waals surface area contributed by atoms with E-state index in [9.17, 15) is 4.79 Å². The number of ether oxygens (including phenoxy) is 1. The highest BCUT2D eigenvalue weighted by Crippen LogP contribution is 2.35. The molecule has 0 N–H and O–H groups in total. The van der Waals surface area contributed by atoms with Gasteiger partial charge < -0.3 is 9.64 Å². The summed E-state index contributed by atoms with van der Waals surface area (Å²) in [7, 11) is 3.47. The second kappa shape index (κ2) is 8.91. The van der Waals surface area contributed by atoms with E-state index in [1.54, 1.807) is 19.0 Å². The average Bonchev–Trinajstić information content (AvgIpc) is 2.98. The third-order valence-corrected chi connectivity index (χ3v) is 6.24. The number of benzene rings is 1. The first-order chi connectivity index (χ1) is 13.0. The quantitative estimate of drug-likeness (QED) is 0.234. The first kappa shape index (κ1) is 19.9. The van der Waals surface area contributed by atoms with Crippen LogP contribution in [0.25, 0.3) is 10.2 Å². The molecule has 3 rings (SSSR count). The molecule has 0 bridgehead atoms. The lowest BCUT2D eigenvalue weighted by Crippen LogP contribution is -2.21. The molecule has 0 fully saturated rings. The molecule has 0 unspecified atom stereocenters. The highest BCUT2D eigenvalue weighted by atomic mass is 35.5. The van der Waals surface area contributed by atoms with E-state index in [1.165, 1.54) is 23.1 Å². The number of hydrogen-bond acceptors (Lipinski definition) is 6. The van der Waals surface area contributed by atoms with Gasteiger partial charge in [0.1, 0.15) is 15.7 Å². The Kier molecular flexibility index (Phi) is 6.57. The fourth-order valence-corrected chi connectivity index (χ4v) is 4.91. The van der Waals surface area contributed by atoms with Crippen molar-refractivity contribution in [2.75, 3.05) is 26.5 Å². The molecule has 2 aromatic heterocycles. The molecule has 0 aliphatic rings. The van der Waals surface area contributed by atoms with Crippen LogP contribution in [0.5, 0.6) is 5.75 Å². The SMILES string of the molecule is Cc1c(C(=O)N(C)C)sc2nc(SCCCOc3ccccc3)nc(Cl)c12. The second-order valence-corrected chi connectivity index (χ2v) is 8.52. The van der Waals surface area contributed by atoms with E-state index in [2.05, 4.69) is 9.97 Å². The van der Waals surface area contributed by atoms with Gasteiger partial charge in [-0.2, -0.15) is 0 Å². The Bertz CT molecular complexity index is 945. The lowest BCUT2D eigenvalue weighted by molar-refractivity contribution is 0.0831. The first-order valence-corrected chi connectivity index (χ1v) is 10.6. The predicted molar refractivity (Wildman–Crippen MR) is 112 cm³/mol. The number of hydrogen-bond donors (Lipinski definition) is 0. The largest absolute Gasteiger partial charge is 0.494 e. The van der Waals surface area contributed by atoms with E-state index in [0.29, 0.717) is 21.8 Å². The zero-order valence-corrected chi connectivity index (χ0v) is 17.7. The summed E-state index contributed by atoms with van der Waals surface area (Å²) in [5.74, 6) is 1.65. The van der Waals surface area contributed by atoms with Gasteiger partial charge in [-0.05, 0) is 31.0 Å². The topological polar surface area (TPSA) is 55.3 Å². The zero-order valence-electron chi connectivity index (χ0n) is 15.4. The number of nitrogens with zero attached hydrogens (tertiary/aromatic N) is 3. The molecule has 0 radical (unpaired) electrons. The number of carbonyl (C=O) groups excluding carboxylic acids is 1. The predicted octanol–water partition coefficient (Wildman–Crippen LogP) is 4.92. The van der Waals surface area contributed by atoms with Crippen LogP contribution in [0, 0.1) is 6.92 Å². The number of thiophene rings is 1. The molecule has 0 spiro atoms. The molecule has 142 valence electrons. The van der Waals surface area contributed by atoms with Gasteiger partial charge in [-0.1, -0.05) is 41.6 Å². The molecular formula is C19H20ClN3O2S2. The van der Waals surface area contributed by atoms with Crippen molar-refractivity contribution >= 4 is 50.8 Å². The van der Waals surface area contributed by atoms with Gasteiger partial charge in [-0.25, -0.2) is 9.97 Å². The Balaban J connectivity index is 1.64. The lowest BCUT2D eigenvalue weighted by atomic mass is 10.2. The number of aryl methyl sites for hydroxylation is 1. The highest BCUT2D eigenvalue weighted by Gasteiger charge is 2.21. The lowest BCUT2D eigenvalue weighted by Gasteiger charge is -2.08. The third-order valence-electron chi connectivity index (χ3n) is 3.86. The number of aromatic nitrogens is 2. The Morgan fingerprint density at radius 3 is 2.70 bits per heavy atom. The average molecular weight is 422 g/mol. The summed E-state index contributed by atoms with van der Waals surface area (Å²) in [4.78, 5) is 24.3. The smallest absolute Gasteiger partial charge is 0.263 e. The standard InChI is InChI=1S/C19H20ClN3O2S2/c1-12-14-16(20)21-19(22-17(14)27-15(12)18(24)23(2)3)26-11-7-10-25-13-8-5-4-6-9-13/h4-6,8-9H,7,10-11H2,1-3H3. The number of fused-ring (bicyclic) bond motifs is 1. The van der Waals surface area contributed by atoms with Gasteiger partial charge in [0.15, 0.2) is 5.16 Å². The van der Waals surface area contributed by atoms with Gasteiger partial charge in [0.2, 0.25) is 0 Å². The van der Waals surface area contributed by atoms with Crippen molar-refractivity contribution in [2.24, 2.45) is 0 Å². The van der Waals surface area contributed by atoms with Crippen molar-refractivity contribution in [3.8, 4) is 5.75 Å². The Labute approximate surface area is 171 Å². The van der Waals surface area contributed by atoms with Crippen molar-refractivity contribution in [1.29, 1.82) is 0 Å². The molecule has 0 saturated carbocycles. The number of thioether (sulfide) groups is 1. The van der Waals surface area contributed by atoms with Crippen molar-refractivity contribution in [3.05, 3.63) is 45.9 Å². The van der Waals surface area contributed by atoms with Gasteiger partial charge in [0.05, 0.1) is 16.9 Å². The van der Waals surface area contributed by atoms with Gasteiger partial charge in [0, 0.05) is 19.8 Å². The summed E-state index contributed by atoms with van der Waals surface area (Å²) in [5, 5.41) is 1.79. The van der Waals surface area contributed by atoms with Crippen LogP contribution in [0.1, 0.15) is 21.7 Å². The monoisotopic (exact) mass is 421 g/mol. The normalized spacial score (nSPS) is 11.0. The Morgan fingerprint density at radius 2 is 2.00 bits per heavy atom. The number of halogens is 1. The van der Waals surface area contributed by atoms with Crippen molar-refractivity contribution in [1.82, 2.24) is 14.9 Å². The summed E-state index contributed by atoms with van der Waals surface area (Å²) in [6.45, 7) is 2.52. The van der Waals surface area contributed by atoms with Crippen molar-refractivity contribution in [2.45, 2.75) is 18.5 Å². The van der Waals surface area contributed by atoms with Crippen LogP contribution in [-0.4, -0.2) is 47.2 Å². The molecule has 0 saturated heterocycles. The van der Waals surface area contributed by atoms with Crippen LogP contribution in [0.3, 0.4) is 0 Å². The van der Waals surface area contributed by atoms with Crippen molar-refractivity contribution < 1.29 is 9.53 Å². The zero-order chi connectivity index (χ0) is 19.4. The summed E-state index contributed by atoms with van der Waals surface area (Å²) in [5.41, 5.74) is 0.839. The molecular weight excluding hydrogens is 402 g/mol. The molecule has 8 heteroatoms. The minimum Gasteiger partial charge on any atom is -0.494 e. The molecule has 3 aromatic rings. The fourth-order valence-electron chi connectivity index (χ4n) is 2.47. The summed E-state index contributed by atoms with van der Waals surface area (Å²) in [6.07, 6.45) is 0.867. The van der Waals surface area contributed by atoms with Gasteiger partial charge in [0.25, 0.3) is 5.91 Å². The molecule has 0 aliphatic carbocycles. The minimum absolute atomic E-state index is 0.0427. The fraction of sp³-hybridized carbons (Fsp3) is 0.316. The van der Waals surface area contributed by atoms with Crippen LogP contribution in [0.15, 0.2) is 35.5 Å². The highest BCUT2D eigenvalue weighted by molar-refractivity contribution is 7.99. The first-order valence-electron chi connectivity index (χ1n) is 8.46. The van der Waals surface area contributed by atoms with E-state index in [4.69, 9.17) is 16.3 Å².